The summed E-state index contributed by atoms with van der Waals surface area (Å²) in [6, 6.07) is 11.8. The van der Waals surface area contributed by atoms with Gasteiger partial charge >= 0.3 is 0 Å². The third-order valence-electron chi connectivity index (χ3n) is 4.01. The molecule has 0 radical (unpaired) electrons. The maximum Gasteiger partial charge on any atom is 0.253 e. The maximum atomic E-state index is 12.5. The number of carbonyl (C=O) groups is 1. The Kier molecular flexibility index (Phi) is 4.88. The Morgan fingerprint density at radius 3 is 2.70 bits per heavy atom. The van der Waals surface area contributed by atoms with E-state index in [9.17, 15) is 4.79 Å². The Morgan fingerprint density at radius 1 is 1.22 bits per heavy atom. The molecule has 1 atom stereocenters. The number of pyridine rings is 1. The van der Waals surface area contributed by atoms with Crippen molar-refractivity contribution in [3.8, 4) is 0 Å². The molecule has 1 fully saturated rings. The molecule has 1 aromatic heterocycles. The van der Waals surface area contributed by atoms with E-state index < -0.39 is 0 Å². The van der Waals surface area contributed by atoms with E-state index in [1.54, 1.807) is 12.4 Å². The van der Waals surface area contributed by atoms with Crippen LogP contribution in [-0.2, 0) is 4.74 Å². The first-order chi connectivity index (χ1) is 11.2. The van der Waals surface area contributed by atoms with Crippen molar-refractivity contribution in [1.29, 1.82) is 0 Å². The van der Waals surface area contributed by atoms with Crippen LogP contribution in [0.4, 0.5) is 5.69 Å². The van der Waals surface area contributed by atoms with Crippen LogP contribution in [0.2, 0.25) is 0 Å². The minimum absolute atomic E-state index is 0.0456. The number of anilines is 1. The highest BCUT2D eigenvalue weighted by atomic mass is 16.5. The smallest absolute Gasteiger partial charge is 0.253 e. The molecule has 5 nitrogen and oxygen atoms in total. The molecule has 1 aliphatic heterocycles. The Hall–Kier alpha value is -2.40. The van der Waals surface area contributed by atoms with Crippen molar-refractivity contribution in [2.45, 2.75) is 13.0 Å². The van der Waals surface area contributed by atoms with E-state index in [-0.39, 0.29) is 11.9 Å². The minimum atomic E-state index is -0.107. The molecule has 120 valence electrons. The lowest BCUT2D eigenvalue weighted by Gasteiger charge is -2.28. The number of rotatable bonds is 4. The van der Waals surface area contributed by atoms with Crippen LogP contribution in [0.15, 0.2) is 48.8 Å². The van der Waals surface area contributed by atoms with Gasteiger partial charge in [-0.1, -0.05) is 30.3 Å². The van der Waals surface area contributed by atoms with Gasteiger partial charge < -0.3 is 15.0 Å². The van der Waals surface area contributed by atoms with Gasteiger partial charge in [0.1, 0.15) is 0 Å². The van der Waals surface area contributed by atoms with Crippen LogP contribution >= 0.6 is 0 Å². The van der Waals surface area contributed by atoms with Crippen molar-refractivity contribution in [2.75, 3.05) is 31.2 Å². The molecule has 5 heteroatoms. The van der Waals surface area contributed by atoms with Crippen LogP contribution in [0.1, 0.15) is 28.9 Å². The Balaban J connectivity index is 1.69. The summed E-state index contributed by atoms with van der Waals surface area (Å²) in [5.74, 6) is -0.107. The normalized spacial score (nSPS) is 16.0. The summed E-state index contributed by atoms with van der Waals surface area (Å²) in [4.78, 5) is 18.9. The molecule has 2 heterocycles. The summed E-state index contributed by atoms with van der Waals surface area (Å²) in [6.07, 6.45) is 3.40. The minimum Gasteiger partial charge on any atom is -0.378 e. The zero-order chi connectivity index (χ0) is 16.1. The van der Waals surface area contributed by atoms with Gasteiger partial charge in [-0.3, -0.25) is 9.78 Å². The molecule has 1 N–H and O–H groups in total. The summed E-state index contributed by atoms with van der Waals surface area (Å²) in [5.41, 5.74) is 2.63. The topological polar surface area (TPSA) is 54.5 Å². The molecule has 0 saturated carbocycles. The second kappa shape index (κ2) is 7.24. The molecule has 2 aromatic rings. The van der Waals surface area contributed by atoms with E-state index >= 15 is 0 Å². The molecule has 1 amide bonds. The summed E-state index contributed by atoms with van der Waals surface area (Å²) in [5, 5.41) is 3.02. The molecule has 23 heavy (non-hydrogen) atoms. The predicted octanol–water partition coefficient (Wildman–Crippen LogP) is 2.41. The van der Waals surface area contributed by atoms with Crippen molar-refractivity contribution < 1.29 is 9.53 Å². The molecule has 3 rings (SSSR count). The third-order valence-corrected chi connectivity index (χ3v) is 4.01. The second-order valence-electron chi connectivity index (χ2n) is 5.64. The summed E-state index contributed by atoms with van der Waals surface area (Å²) < 4.78 is 5.36. The lowest BCUT2D eigenvalue weighted by molar-refractivity contribution is 0.0939. The summed E-state index contributed by atoms with van der Waals surface area (Å²) in [7, 11) is 0. The van der Waals surface area contributed by atoms with E-state index in [0.29, 0.717) is 18.8 Å². The second-order valence-corrected chi connectivity index (χ2v) is 5.64. The number of nitrogens with zero attached hydrogens (tertiary/aromatic N) is 2. The van der Waals surface area contributed by atoms with Crippen LogP contribution in [-0.4, -0.2) is 37.2 Å². The van der Waals surface area contributed by atoms with Crippen molar-refractivity contribution in [3.05, 3.63) is 59.9 Å². The summed E-state index contributed by atoms with van der Waals surface area (Å²) in [6.45, 7) is 5.05. The van der Waals surface area contributed by atoms with Crippen molar-refractivity contribution in [1.82, 2.24) is 10.3 Å². The van der Waals surface area contributed by atoms with E-state index in [1.807, 2.05) is 43.3 Å². The van der Waals surface area contributed by atoms with Crippen LogP contribution in [0.3, 0.4) is 0 Å². The highest BCUT2D eigenvalue weighted by Crippen LogP contribution is 2.17. The fraction of sp³-hybridized carbons (Fsp3) is 0.333. The maximum absolute atomic E-state index is 12.5. The van der Waals surface area contributed by atoms with Crippen LogP contribution < -0.4 is 10.2 Å². The number of nitrogens with one attached hydrogen (secondary N) is 1. The monoisotopic (exact) mass is 311 g/mol. The van der Waals surface area contributed by atoms with Gasteiger partial charge in [0.15, 0.2) is 0 Å². The van der Waals surface area contributed by atoms with E-state index in [4.69, 9.17) is 4.74 Å². The molecule has 1 aliphatic rings. The van der Waals surface area contributed by atoms with E-state index in [1.165, 1.54) is 0 Å². The average Bonchev–Trinajstić information content (AvgIpc) is 2.63. The molecule has 0 spiro atoms. The summed E-state index contributed by atoms with van der Waals surface area (Å²) >= 11 is 0. The van der Waals surface area contributed by atoms with Gasteiger partial charge in [0, 0.05) is 19.3 Å². The third kappa shape index (κ3) is 3.87. The first-order valence-electron chi connectivity index (χ1n) is 7.87. The van der Waals surface area contributed by atoms with E-state index in [2.05, 4.69) is 15.2 Å². The number of amides is 1. The molecule has 1 saturated heterocycles. The fourth-order valence-electron chi connectivity index (χ4n) is 2.65. The standard InChI is InChI=1S/C18H21N3O2/c1-14(15-5-3-2-4-6-15)20-18(22)16-11-17(13-19-12-16)21-7-9-23-10-8-21/h2-6,11-14H,7-10H2,1H3,(H,20,22). The highest BCUT2D eigenvalue weighted by molar-refractivity contribution is 5.95. The molecular weight excluding hydrogens is 290 g/mol. The van der Waals surface area contributed by atoms with Crippen LogP contribution in [0.5, 0.6) is 0 Å². The van der Waals surface area contributed by atoms with Gasteiger partial charge in [0.25, 0.3) is 5.91 Å². The highest BCUT2D eigenvalue weighted by Gasteiger charge is 2.15. The Bertz CT molecular complexity index is 654. The van der Waals surface area contributed by atoms with Gasteiger partial charge in [-0.25, -0.2) is 0 Å². The van der Waals surface area contributed by atoms with Gasteiger partial charge in [0.05, 0.1) is 36.7 Å². The van der Waals surface area contributed by atoms with Gasteiger partial charge in [0.2, 0.25) is 0 Å². The molecule has 0 bridgehead atoms. The van der Waals surface area contributed by atoms with Crippen LogP contribution in [0, 0.1) is 0 Å². The van der Waals surface area contributed by atoms with Crippen molar-refractivity contribution in [2.24, 2.45) is 0 Å². The Labute approximate surface area is 136 Å². The first kappa shape index (κ1) is 15.5. The Morgan fingerprint density at radius 2 is 1.96 bits per heavy atom. The van der Waals surface area contributed by atoms with Gasteiger partial charge in [-0.15, -0.1) is 0 Å². The SMILES string of the molecule is CC(NC(=O)c1cncc(N2CCOCC2)c1)c1ccccc1. The molecule has 0 aliphatic carbocycles. The molecule has 1 unspecified atom stereocenters. The number of benzene rings is 1. The number of morpholine rings is 1. The number of hydrogen-bond acceptors (Lipinski definition) is 4. The van der Waals surface area contributed by atoms with Crippen molar-refractivity contribution in [3.63, 3.8) is 0 Å². The fourth-order valence-corrected chi connectivity index (χ4v) is 2.65. The average molecular weight is 311 g/mol. The number of hydrogen-bond donors (Lipinski definition) is 1. The zero-order valence-electron chi connectivity index (χ0n) is 13.2. The largest absolute Gasteiger partial charge is 0.378 e. The van der Waals surface area contributed by atoms with Crippen LogP contribution in [0.25, 0.3) is 0 Å². The first-order valence-corrected chi connectivity index (χ1v) is 7.87. The van der Waals surface area contributed by atoms with Crippen molar-refractivity contribution >= 4 is 11.6 Å². The lowest BCUT2D eigenvalue weighted by Crippen LogP contribution is -2.36. The van der Waals surface area contributed by atoms with Gasteiger partial charge in [-0.05, 0) is 18.6 Å². The predicted molar refractivity (Wildman–Crippen MR) is 89.6 cm³/mol. The number of aromatic nitrogens is 1. The number of carbonyl (C=O) groups excluding carboxylic acids is 1. The quantitative estimate of drug-likeness (QED) is 0.942. The lowest BCUT2D eigenvalue weighted by atomic mass is 10.1. The molecular formula is C18H21N3O2. The zero-order valence-corrected chi connectivity index (χ0v) is 13.2. The number of ether oxygens (including phenoxy) is 1. The van der Waals surface area contributed by atoms with Gasteiger partial charge in [-0.2, -0.15) is 0 Å². The van der Waals surface area contributed by atoms with E-state index in [0.717, 1.165) is 24.3 Å². The molecule has 1 aromatic carbocycles.